The Bertz CT molecular complexity index is 895. The van der Waals surface area contributed by atoms with Crippen LogP contribution in [-0.2, 0) is 9.53 Å². The Morgan fingerprint density at radius 3 is 2.31 bits per heavy atom. The molecule has 0 aromatic heterocycles. The summed E-state index contributed by atoms with van der Waals surface area (Å²) in [5, 5.41) is 35.4. The van der Waals surface area contributed by atoms with E-state index in [0.717, 1.165) is 24.8 Å². The Kier molecular flexibility index (Phi) is 7.38. The van der Waals surface area contributed by atoms with E-state index in [4.69, 9.17) is 4.74 Å². The molecule has 12 unspecified atom stereocenters. The maximum atomic E-state index is 12.5. The van der Waals surface area contributed by atoms with Gasteiger partial charge < -0.3 is 20.1 Å². The van der Waals surface area contributed by atoms with Gasteiger partial charge in [-0.25, -0.2) is 0 Å². The van der Waals surface area contributed by atoms with Crippen LogP contribution in [0.5, 0.6) is 0 Å². The standard InChI is InChI=1S/C31H50O5/c1-17(2)18(3)9-10-19(4)22-11-12-26-29(22,7)16-25(34)28-30(8)15-24(33)27(36-21(6)32)20(5)23(30)13-14-31(26,28)35/h9-10,17,19-20,22-28,33-35H,3,11-16H2,1-2,4-8H3. The molecule has 4 aliphatic carbocycles. The van der Waals surface area contributed by atoms with Gasteiger partial charge in [0, 0.05) is 12.8 Å². The molecule has 3 N–H and O–H groups in total. The van der Waals surface area contributed by atoms with Crippen LogP contribution in [0.1, 0.15) is 87.0 Å². The van der Waals surface area contributed by atoms with Gasteiger partial charge in [0.1, 0.15) is 6.10 Å². The number of aliphatic hydroxyl groups is 3. The maximum absolute atomic E-state index is 12.5. The number of carbonyl (C=O) groups excluding carboxylic acids is 1. The summed E-state index contributed by atoms with van der Waals surface area (Å²) >= 11 is 0. The molecule has 4 fully saturated rings. The van der Waals surface area contributed by atoms with Crippen LogP contribution in [0.3, 0.4) is 0 Å². The lowest BCUT2D eigenvalue weighted by Gasteiger charge is -2.67. The predicted molar refractivity (Wildman–Crippen MR) is 142 cm³/mol. The highest BCUT2D eigenvalue weighted by molar-refractivity contribution is 5.66. The van der Waals surface area contributed by atoms with Gasteiger partial charge in [-0.2, -0.15) is 0 Å². The Morgan fingerprint density at radius 2 is 1.69 bits per heavy atom. The zero-order chi connectivity index (χ0) is 26.8. The van der Waals surface area contributed by atoms with E-state index in [1.54, 1.807) is 0 Å². The molecule has 5 nitrogen and oxygen atoms in total. The molecule has 0 heterocycles. The first kappa shape index (κ1) is 27.9. The number of fused-ring (bicyclic) bond motifs is 5. The Balaban J connectivity index is 1.63. The molecule has 36 heavy (non-hydrogen) atoms. The normalized spacial score (nSPS) is 49.3. The molecule has 0 aromatic rings. The third-order valence-corrected chi connectivity index (χ3v) is 11.5. The Morgan fingerprint density at radius 1 is 1.06 bits per heavy atom. The lowest BCUT2D eigenvalue weighted by molar-refractivity contribution is -0.278. The summed E-state index contributed by atoms with van der Waals surface area (Å²) in [5.41, 5.74) is -0.379. The second-order valence-electron chi connectivity index (χ2n) is 13.8. The molecular formula is C31H50O5. The summed E-state index contributed by atoms with van der Waals surface area (Å²) in [6.45, 7) is 18.7. The largest absolute Gasteiger partial charge is 0.460 e. The van der Waals surface area contributed by atoms with Gasteiger partial charge in [-0.05, 0) is 84.9 Å². The molecule has 4 rings (SSSR count). The molecule has 0 amide bonds. The average molecular weight is 503 g/mol. The number of allylic oxidation sites excluding steroid dienone is 3. The van der Waals surface area contributed by atoms with Gasteiger partial charge in [0.15, 0.2) is 0 Å². The molecule has 0 bridgehead atoms. The first-order chi connectivity index (χ1) is 16.7. The second kappa shape index (κ2) is 9.54. The first-order valence-corrected chi connectivity index (χ1v) is 14.3. The SMILES string of the molecule is C=C(C=CC(C)C1CCC2C1(C)CC(O)C1C3(C)CC(O)C(OC(C)=O)C(C)C3CCC21O)C(C)C. The molecule has 4 saturated carbocycles. The van der Waals surface area contributed by atoms with E-state index >= 15 is 0 Å². The molecule has 4 aliphatic rings. The van der Waals surface area contributed by atoms with Crippen molar-refractivity contribution in [3.8, 4) is 0 Å². The van der Waals surface area contributed by atoms with E-state index in [1.165, 1.54) is 6.92 Å². The zero-order valence-electron chi connectivity index (χ0n) is 23.5. The molecular weight excluding hydrogens is 452 g/mol. The van der Waals surface area contributed by atoms with Crippen molar-refractivity contribution in [1.29, 1.82) is 0 Å². The van der Waals surface area contributed by atoms with Crippen molar-refractivity contribution in [2.45, 2.75) is 111 Å². The molecule has 0 radical (unpaired) electrons. The van der Waals surface area contributed by atoms with E-state index < -0.39 is 29.3 Å². The third kappa shape index (κ3) is 4.22. The smallest absolute Gasteiger partial charge is 0.303 e. The van der Waals surface area contributed by atoms with Crippen LogP contribution >= 0.6 is 0 Å². The molecule has 5 heteroatoms. The fraction of sp³-hybridized carbons (Fsp3) is 0.839. The zero-order valence-corrected chi connectivity index (χ0v) is 23.5. The minimum Gasteiger partial charge on any atom is -0.460 e. The number of hydrogen-bond acceptors (Lipinski definition) is 5. The lowest BCUT2D eigenvalue weighted by Crippen LogP contribution is -2.70. The highest BCUT2D eigenvalue weighted by Gasteiger charge is 2.71. The maximum Gasteiger partial charge on any atom is 0.303 e. The van der Waals surface area contributed by atoms with Gasteiger partial charge in [0.25, 0.3) is 0 Å². The summed E-state index contributed by atoms with van der Waals surface area (Å²) in [4.78, 5) is 11.7. The quantitative estimate of drug-likeness (QED) is 0.352. The van der Waals surface area contributed by atoms with Crippen molar-refractivity contribution in [2.24, 2.45) is 52.3 Å². The van der Waals surface area contributed by atoms with Crippen LogP contribution in [0.2, 0.25) is 0 Å². The van der Waals surface area contributed by atoms with E-state index in [0.29, 0.717) is 37.0 Å². The van der Waals surface area contributed by atoms with E-state index in [2.05, 4.69) is 60.3 Å². The van der Waals surface area contributed by atoms with E-state index in [1.807, 2.05) is 0 Å². The van der Waals surface area contributed by atoms with Gasteiger partial charge in [-0.3, -0.25) is 4.79 Å². The van der Waals surface area contributed by atoms with Crippen LogP contribution in [0.4, 0.5) is 0 Å². The van der Waals surface area contributed by atoms with Crippen molar-refractivity contribution >= 4 is 5.97 Å². The number of esters is 1. The molecule has 0 spiro atoms. The minimum atomic E-state index is -0.953. The highest BCUT2D eigenvalue weighted by atomic mass is 16.6. The molecule has 0 aliphatic heterocycles. The van der Waals surface area contributed by atoms with Crippen molar-refractivity contribution in [3.05, 3.63) is 24.3 Å². The number of rotatable bonds is 5. The van der Waals surface area contributed by atoms with Gasteiger partial charge in [0.2, 0.25) is 0 Å². The fourth-order valence-corrected chi connectivity index (χ4v) is 9.92. The number of carbonyl (C=O) groups is 1. The van der Waals surface area contributed by atoms with Crippen LogP contribution in [0.25, 0.3) is 0 Å². The third-order valence-electron chi connectivity index (χ3n) is 11.5. The van der Waals surface area contributed by atoms with E-state index in [9.17, 15) is 20.1 Å². The van der Waals surface area contributed by atoms with Crippen molar-refractivity contribution in [2.75, 3.05) is 0 Å². The Hall–Kier alpha value is -1.17. The fourth-order valence-electron chi connectivity index (χ4n) is 9.92. The number of aliphatic hydroxyl groups excluding tert-OH is 2. The molecule has 0 aromatic carbocycles. The minimum absolute atomic E-state index is 0.0248. The summed E-state index contributed by atoms with van der Waals surface area (Å²) < 4.78 is 5.55. The predicted octanol–water partition coefficient (Wildman–Crippen LogP) is 5.28. The highest BCUT2D eigenvalue weighted by Crippen LogP contribution is 2.70. The average Bonchev–Trinajstić information content (AvgIpc) is 3.11. The monoisotopic (exact) mass is 502 g/mol. The summed E-state index contributed by atoms with van der Waals surface area (Å²) in [6, 6.07) is 0. The second-order valence-corrected chi connectivity index (χ2v) is 13.8. The lowest BCUT2D eigenvalue weighted by atomic mass is 9.40. The van der Waals surface area contributed by atoms with Crippen molar-refractivity contribution < 1.29 is 24.9 Å². The van der Waals surface area contributed by atoms with Gasteiger partial charge >= 0.3 is 5.97 Å². The first-order valence-electron chi connectivity index (χ1n) is 14.3. The topological polar surface area (TPSA) is 87.0 Å². The Labute approximate surface area is 218 Å². The van der Waals surface area contributed by atoms with Crippen molar-refractivity contribution in [3.63, 3.8) is 0 Å². The molecule has 12 atom stereocenters. The van der Waals surface area contributed by atoms with Crippen LogP contribution in [0, 0.1) is 52.3 Å². The molecule has 0 saturated heterocycles. The summed E-state index contributed by atoms with van der Waals surface area (Å²) in [5.74, 6) is 0.782. The van der Waals surface area contributed by atoms with Gasteiger partial charge in [-0.1, -0.05) is 65.8 Å². The van der Waals surface area contributed by atoms with Gasteiger partial charge in [-0.15, -0.1) is 0 Å². The van der Waals surface area contributed by atoms with Crippen molar-refractivity contribution in [1.82, 2.24) is 0 Å². The van der Waals surface area contributed by atoms with Crippen LogP contribution in [0.15, 0.2) is 24.3 Å². The molecule has 204 valence electrons. The number of ether oxygens (including phenoxy) is 1. The van der Waals surface area contributed by atoms with Gasteiger partial charge in [0.05, 0.1) is 17.8 Å². The summed E-state index contributed by atoms with van der Waals surface area (Å²) in [7, 11) is 0. The van der Waals surface area contributed by atoms with Crippen LogP contribution in [-0.4, -0.2) is 45.2 Å². The summed E-state index contributed by atoms with van der Waals surface area (Å²) in [6.07, 6.45) is 7.13. The van der Waals surface area contributed by atoms with E-state index in [-0.39, 0.29) is 35.1 Å². The number of hydrogen-bond donors (Lipinski definition) is 3. The van der Waals surface area contributed by atoms with Crippen LogP contribution < -0.4 is 0 Å².